The van der Waals surface area contributed by atoms with Gasteiger partial charge in [-0.05, 0) is 41.9 Å². The van der Waals surface area contributed by atoms with Gasteiger partial charge in [-0.2, -0.15) is 0 Å². The Morgan fingerprint density at radius 3 is 2.46 bits per heavy atom. The molecule has 0 radical (unpaired) electrons. The van der Waals surface area contributed by atoms with Gasteiger partial charge >= 0.3 is 5.97 Å². The number of benzene rings is 2. The van der Waals surface area contributed by atoms with E-state index in [1.807, 2.05) is 23.9 Å². The van der Waals surface area contributed by atoms with E-state index in [1.54, 1.807) is 0 Å². The number of ether oxygens (including phenoxy) is 1. The van der Waals surface area contributed by atoms with E-state index in [0.29, 0.717) is 6.42 Å². The standard InChI is InChI=1S/C24H27NO2S/c1-27-24(26)16-8-3-2-4-11-17-28-23-18-21(19-12-6-5-7-13-19)20-14-9-10-15-22(20)25-23/h5-7,9-10,12-15,18H,2-4,8,11,16-17H2,1H3. The number of nitrogens with zero attached hydrogens (tertiary/aromatic N) is 1. The quantitative estimate of drug-likeness (QED) is 0.224. The highest BCUT2D eigenvalue weighted by Gasteiger charge is 2.08. The highest BCUT2D eigenvalue weighted by atomic mass is 32.2. The predicted octanol–water partition coefficient (Wildman–Crippen LogP) is 6.51. The molecule has 0 fully saturated rings. The second-order valence-corrected chi connectivity index (χ2v) is 7.95. The number of fused-ring (bicyclic) bond motifs is 1. The van der Waals surface area contributed by atoms with Gasteiger partial charge in [0.1, 0.15) is 0 Å². The van der Waals surface area contributed by atoms with E-state index in [1.165, 1.54) is 30.0 Å². The van der Waals surface area contributed by atoms with Crippen LogP contribution in [-0.4, -0.2) is 23.8 Å². The van der Waals surface area contributed by atoms with Crippen LogP contribution in [0.3, 0.4) is 0 Å². The normalized spacial score (nSPS) is 10.9. The maximum atomic E-state index is 11.1. The molecular weight excluding hydrogens is 366 g/mol. The van der Waals surface area contributed by atoms with Crippen molar-refractivity contribution in [3.63, 3.8) is 0 Å². The summed E-state index contributed by atoms with van der Waals surface area (Å²) in [6, 6.07) is 21.1. The second-order valence-electron chi connectivity index (χ2n) is 6.83. The Labute approximate surface area is 171 Å². The summed E-state index contributed by atoms with van der Waals surface area (Å²) in [6.07, 6.45) is 6.07. The molecule has 0 aliphatic rings. The molecule has 1 heterocycles. The summed E-state index contributed by atoms with van der Waals surface area (Å²) in [5.41, 5.74) is 3.53. The Morgan fingerprint density at radius 1 is 0.929 bits per heavy atom. The molecular formula is C24H27NO2S. The molecule has 1 aromatic heterocycles. The van der Waals surface area contributed by atoms with Gasteiger partial charge in [0.15, 0.2) is 0 Å². The lowest BCUT2D eigenvalue weighted by Gasteiger charge is -2.10. The van der Waals surface area contributed by atoms with Gasteiger partial charge in [-0.1, -0.05) is 67.8 Å². The average molecular weight is 394 g/mol. The van der Waals surface area contributed by atoms with Crippen LogP contribution in [0.15, 0.2) is 65.7 Å². The topological polar surface area (TPSA) is 39.2 Å². The monoisotopic (exact) mass is 393 g/mol. The van der Waals surface area contributed by atoms with Crippen LogP contribution in [0.25, 0.3) is 22.0 Å². The molecule has 0 saturated heterocycles. The van der Waals surface area contributed by atoms with Gasteiger partial charge in [0.05, 0.1) is 17.7 Å². The number of rotatable bonds is 10. The van der Waals surface area contributed by atoms with Gasteiger partial charge < -0.3 is 4.74 Å². The van der Waals surface area contributed by atoms with Crippen LogP contribution in [-0.2, 0) is 9.53 Å². The first kappa shape index (κ1) is 20.4. The van der Waals surface area contributed by atoms with E-state index >= 15 is 0 Å². The summed E-state index contributed by atoms with van der Waals surface area (Å²) >= 11 is 1.83. The second kappa shape index (κ2) is 10.9. The van der Waals surface area contributed by atoms with Crippen molar-refractivity contribution >= 4 is 28.6 Å². The van der Waals surface area contributed by atoms with Crippen molar-refractivity contribution in [2.24, 2.45) is 0 Å². The summed E-state index contributed by atoms with van der Waals surface area (Å²) in [6.45, 7) is 0. The van der Waals surface area contributed by atoms with Crippen molar-refractivity contribution in [2.75, 3.05) is 12.9 Å². The van der Waals surface area contributed by atoms with Crippen molar-refractivity contribution in [3.05, 3.63) is 60.7 Å². The molecule has 0 spiro atoms. The van der Waals surface area contributed by atoms with Crippen LogP contribution >= 0.6 is 11.8 Å². The van der Waals surface area contributed by atoms with Gasteiger partial charge in [-0.3, -0.25) is 4.79 Å². The SMILES string of the molecule is COC(=O)CCCCCCCSc1cc(-c2ccccc2)c2ccccc2n1. The molecule has 0 N–H and O–H groups in total. The molecule has 28 heavy (non-hydrogen) atoms. The molecule has 0 amide bonds. The Balaban J connectivity index is 1.55. The molecule has 0 unspecified atom stereocenters. The van der Waals surface area contributed by atoms with Gasteiger partial charge in [0.2, 0.25) is 0 Å². The van der Waals surface area contributed by atoms with E-state index in [2.05, 4.69) is 53.3 Å². The largest absolute Gasteiger partial charge is 0.469 e. The first-order chi connectivity index (χ1) is 13.8. The lowest BCUT2D eigenvalue weighted by atomic mass is 10.0. The number of hydrogen-bond donors (Lipinski definition) is 0. The summed E-state index contributed by atoms with van der Waals surface area (Å²) in [4.78, 5) is 15.9. The van der Waals surface area contributed by atoms with Gasteiger partial charge in [-0.25, -0.2) is 4.98 Å². The third-order valence-corrected chi connectivity index (χ3v) is 5.78. The number of unbranched alkanes of at least 4 members (excludes halogenated alkanes) is 4. The summed E-state index contributed by atoms with van der Waals surface area (Å²) < 4.78 is 4.67. The first-order valence-corrected chi connectivity index (χ1v) is 10.9. The Morgan fingerprint density at radius 2 is 1.64 bits per heavy atom. The number of pyridine rings is 1. The van der Waals surface area contributed by atoms with Crippen LogP contribution in [0.4, 0.5) is 0 Å². The number of para-hydroxylation sites is 1. The number of esters is 1. The molecule has 0 atom stereocenters. The van der Waals surface area contributed by atoms with Crippen molar-refractivity contribution in [2.45, 2.75) is 43.6 Å². The van der Waals surface area contributed by atoms with Gasteiger partial charge in [0.25, 0.3) is 0 Å². The van der Waals surface area contributed by atoms with E-state index in [4.69, 9.17) is 4.98 Å². The van der Waals surface area contributed by atoms with Crippen LogP contribution in [0, 0.1) is 0 Å². The minimum atomic E-state index is -0.104. The molecule has 0 aliphatic carbocycles. The van der Waals surface area contributed by atoms with Crippen LogP contribution in [0.5, 0.6) is 0 Å². The number of carbonyl (C=O) groups excluding carboxylic acids is 1. The van der Waals surface area contributed by atoms with Crippen molar-refractivity contribution in [1.82, 2.24) is 4.98 Å². The van der Waals surface area contributed by atoms with Crippen molar-refractivity contribution in [1.29, 1.82) is 0 Å². The maximum absolute atomic E-state index is 11.1. The molecule has 4 heteroatoms. The zero-order valence-electron chi connectivity index (χ0n) is 16.4. The summed E-state index contributed by atoms with van der Waals surface area (Å²) in [5.74, 6) is 0.962. The molecule has 0 bridgehead atoms. The Bertz CT molecular complexity index is 896. The summed E-state index contributed by atoms with van der Waals surface area (Å²) in [5, 5.41) is 2.28. The minimum absolute atomic E-state index is 0.104. The Hall–Kier alpha value is -2.33. The van der Waals surface area contributed by atoms with Gasteiger partial charge in [0, 0.05) is 11.8 Å². The first-order valence-electron chi connectivity index (χ1n) is 9.93. The number of carbonyl (C=O) groups is 1. The fourth-order valence-corrected chi connectivity index (χ4v) is 4.18. The average Bonchev–Trinajstić information content (AvgIpc) is 2.75. The van der Waals surface area contributed by atoms with E-state index in [-0.39, 0.29) is 5.97 Å². The fraction of sp³-hybridized carbons (Fsp3) is 0.333. The number of thioether (sulfide) groups is 1. The molecule has 0 saturated carbocycles. The maximum Gasteiger partial charge on any atom is 0.305 e. The highest BCUT2D eigenvalue weighted by molar-refractivity contribution is 7.99. The van der Waals surface area contributed by atoms with Crippen LogP contribution in [0.1, 0.15) is 38.5 Å². The lowest BCUT2D eigenvalue weighted by molar-refractivity contribution is -0.140. The van der Waals surface area contributed by atoms with E-state index in [9.17, 15) is 4.79 Å². The minimum Gasteiger partial charge on any atom is -0.469 e. The van der Waals surface area contributed by atoms with Gasteiger partial charge in [-0.15, -0.1) is 11.8 Å². The molecule has 2 aromatic carbocycles. The molecule has 3 aromatic rings. The molecule has 0 aliphatic heterocycles. The third kappa shape index (κ3) is 5.83. The van der Waals surface area contributed by atoms with Crippen molar-refractivity contribution < 1.29 is 9.53 Å². The predicted molar refractivity (Wildman–Crippen MR) is 118 cm³/mol. The molecule has 3 nitrogen and oxygen atoms in total. The van der Waals surface area contributed by atoms with Crippen molar-refractivity contribution in [3.8, 4) is 11.1 Å². The number of hydrogen-bond acceptors (Lipinski definition) is 4. The number of aromatic nitrogens is 1. The Kier molecular flexibility index (Phi) is 7.92. The number of methoxy groups -OCH3 is 1. The van der Waals surface area contributed by atoms with E-state index < -0.39 is 0 Å². The molecule has 146 valence electrons. The third-order valence-electron chi connectivity index (χ3n) is 4.78. The van der Waals surface area contributed by atoms with E-state index in [0.717, 1.165) is 42.0 Å². The smallest absolute Gasteiger partial charge is 0.305 e. The summed E-state index contributed by atoms with van der Waals surface area (Å²) in [7, 11) is 1.45. The van der Waals surface area contributed by atoms with Crippen LogP contribution < -0.4 is 0 Å². The fourth-order valence-electron chi connectivity index (χ4n) is 3.26. The zero-order valence-corrected chi connectivity index (χ0v) is 17.2. The molecule has 3 rings (SSSR count). The zero-order chi connectivity index (χ0) is 19.6. The lowest BCUT2D eigenvalue weighted by Crippen LogP contribution is -1.99. The highest BCUT2D eigenvalue weighted by Crippen LogP contribution is 2.31. The van der Waals surface area contributed by atoms with Crippen LogP contribution in [0.2, 0.25) is 0 Å².